The highest BCUT2D eigenvalue weighted by Gasteiger charge is 2.40. The molecule has 2 saturated heterocycles. The van der Waals surface area contributed by atoms with E-state index in [4.69, 9.17) is 9.47 Å². The Labute approximate surface area is 134 Å². The quantitative estimate of drug-likeness (QED) is 0.503. The van der Waals surface area contributed by atoms with E-state index >= 15 is 0 Å². The molecule has 21 heavy (non-hydrogen) atoms. The first-order valence-electron chi connectivity index (χ1n) is 9.66. The number of ether oxygens (including phenoxy) is 2. The normalized spacial score (nSPS) is 33.4. The second-order valence-corrected chi connectivity index (χ2v) is 5.70. The van der Waals surface area contributed by atoms with Crippen LogP contribution < -0.4 is 0 Å². The maximum atomic E-state index is 5.28. The number of epoxide rings is 2. The topological polar surface area (TPSA) is 25.1 Å². The molecular weight excluding hydrogens is 260 g/mol. The van der Waals surface area contributed by atoms with E-state index in [0.29, 0.717) is 24.4 Å². The molecule has 2 heterocycles. The smallest absolute Gasteiger partial charge is 0.0841 e. The van der Waals surface area contributed by atoms with Gasteiger partial charge in [0.2, 0.25) is 0 Å². The SMILES string of the molecule is C1CCC2OC2C1.C1CCC2OC2C1.CC.CC.CCC. The highest BCUT2D eigenvalue weighted by molar-refractivity contribution is 4.88. The molecule has 0 bridgehead atoms. The summed E-state index contributed by atoms with van der Waals surface area (Å²) in [5.74, 6) is 0. The minimum atomic E-state index is 0.703. The first-order valence-corrected chi connectivity index (χ1v) is 9.66. The third kappa shape index (κ3) is 9.52. The highest BCUT2D eigenvalue weighted by atomic mass is 16.6. The maximum absolute atomic E-state index is 5.28. The molecule has 4 rings (SSSR count). The Hall–Kier alpha value is -0.0800. The van der Waals surface area contributed by atoms with Gasteiger partial charge in [-0.05, 0) is 25.7 Å². The van der Waals surface area contributed by atoms with Crippen LogP contribution in [0.5, 0.6) is 0 Å². The molecule has 2 saturated carbocycles. The lowest BCUT2D eigenvalue weighted by atomic mass is 10.0. The molecule has 2 aliphatic carbocycles. The van der Waals surface area contributed by atoms with Crippen molar-refractivity contribution in [3.63, 3.8) is 0 Å². The molecule has 128 valence electrons. The van der Waals surface area contributed by atoms with Gasteiger partial charge < -0.3 is 9.47 Å². The lowest BCUT2D eigenvalue weighted by Crippen LogP contribution is -2.00. The predicted octanol–water partition coefficient (Wildman–Crippen LogP) is 6.12. The monoisotopic (exact) mass is 300 g/mol. The van der Waals surface area contributed by atoms with Gasteiger partial charge in [0.25, 0.3) is 0 Å². The summed E-state index contributed by atoms with van der Waals surface area (Å²) in [6, 6.07) is 0. The van der Waals surface area contributed by atoms with Crippen molar-refractivity contribution in [2.24, 2.45) is 0 Å². The molecule has 4 fully saturated rings. The molecule has 4 aliphatic rings. The van der Waals surface area contributed by atoms with E-state index in [1.54, 1.807) is 0 Å². The Bertz CT molecular complexity index is 176. The van der Waals surface area contributed by atoms with E-state index < -0.39 is 0 Å². The van der Waals surface area contributed by atoms with Crippen molar-refractivity contribution in [1.82, 2.24) is 0 Å². The summed E-state index contributed by atoms with van der Waals surface area (Å²) in [6.45, 7) is 12.2. The van der Waals surface area contributed by atoms with Crippen LogP contribution in [-0.2, 0) is 9.47 Å². The standard InChI is InChI=1S/2C6H10O.C3H8.2C2H6/c2*1-2-4-6-5(3-1)7-6;1-3-2;2*1-2/h2*5-6H,1-4H2;3H2,1-2H3;2*1-2H3. The third-order valence-corrected chi connectivity index (χ3v) is 3.83. The van der Waals surface area contributed by atoms with E-state index in [1.807, 2.05) is 27.7 Å². The van der Waals surface area contributed by atoms with Crippen molar-refractivity contribution < 1.29 is 9.47 Å². The van der Waals surface area contributed by atoms with Gasteiger partial charge in [-0.1, -0.05) is 73.6 Å². The van der Waals surface area contributed by atoms with E-state index in [1.165, 1.54) is 57.8 Å². The second-order valence-electron chi connectivity index (χ2n) is 5.70. The van der Waals surface area contributed by atoms with Crippen LogP contribution in [0.2, 0.25) is 0 Å². The molecule has 2 heteroatoms. The van der Waals surface area contributed by atoms with Gasteiger partial charge in [0, 0.05) is 0 Å². The summed E-state index contributed by atoms with van der Waals surface area (Å²) in [7, 11) is 0. The van der Waals surface area contributed by atoms with Gasteiger partial charge in [-0.25, -0.2) is 0 Å². The van der Waals surface area contributed by atoms with Crippen LogP contribution in [0.25, 0.3) is 0 Å². The van der Waals surface area contributed by atoms with Gasteiger partial charge in [0.05, 0.1) is 24.4 Å². The minimum absolute atomic E-state index is 0.703. The van der Waals surface area contributed by atoms with Gasteiger partial charge in [-0.2, -0.15) is 0 Å². The summed E-state index contributed by atoms with van der Waals surface area (Å²) < 4.78 is 10.6. The Morgan fingerprint density at radius 2 is 0.762 bits per heavy atom. The molecule has 0 spiro atoms. The number of fused-ring (bicyclic) bond motifs is 2. The van der Waals surface area contributed by atoms with Crippen LogP contribution in [0.15, 0.2) is 0 Å². The maximum Gasteiger partial charge on any atom is 0.0841 e. The van der Waals surface area contributed by atoms with E-state index in [2.05, 4.69) is 13.8 Å². The fraction of sp³-hybridized carbons (Fsp3) is 1.00. The van der Waals surface area contributed by atoms with Crippen molar-refractivity contribution >= 4 is 0 Å². The van der Waals surface area contributed by atoms with Crippen LogP contribution in [0, 0.1) is 0 Å². The summed E-state index contributed by atoms with van der Waals surface area (Å²) in [5.41, 5.74) is 0. The summed E-state index contributed by atoms with van der Waals surface area (Å²) in [5, 5.41) is 0. The van der Waals surface area contributed by atoms with Gasteiger partial charge in [-0.3, -0.25) is 0 Å². The zero-order valence-electron chi connectivity index (χ0n) is 15.5. The third-order valence-electron chi connectivity index (χ3n) is 3.83. The second kappa shape index (κ2) is 13.6. The fourth-order valence-corrected chi connectivity index (χ4v) is 2.76. The Morgan fingerprint density at radius 1 is 0.571 bits per heavy atom. The number of hydrogen-bond acceptors (Lipinski definition) is 2. The average molecular weight is 301 g/mol. The molecule has 0 N–H and O–H groups in total. The van der Waals surface area contributed by atoms with Crippen molar-refractivity contribution in [1.29, 1.82) is 0 Å². The summed E-state index contributed by atoms with van der Waals surface area (Å²) in [4.78, 5) is 0. The summed E-state index contributed by atoms with van der Waals surface area (Å²) in [6.07, 6.45) is 15.0. The molecule has 4 atom stereocenters. The molecule has 2 nitrogen and oxygen atoms in total. The van der Waals surface area contributed by atoms with E-state index in [-0.39, 0.29) is 0 Å². The zero-order valence-corrected chi connectivity index (χ0v) is 15.5. The number of rotatable bonds is 0. The van der Waals surface area contributed by atoms with E-state index in [9.17, 15) is 0 Å². The van der Waals surface area contributed by atoms with Gasteiger partial charge in [0.15, 0.2) is 0 Å². The van der Waals surface area contributed by atoms with Crippen LogP contribution in [0.1, 0.15) is 99.3 Å². The molecule has 4 unspecified atom stereocenters. The van der Waals surface area contributed by atoms with Crippen LogP contribution in [0.3, 0.4) is 0 Å². The minimum Gasteiger partial charge on any atom is -0.370 e. The molecular formula is C19H40O2. The molecule has 0 aromatic rings. The lowest BCUT2D eigenvalue weighted by molar-refractivity contribution is 0.372. The average Bonchev–Trinajstić information content (AvgIpc) is 3.45. The van der Waals surface area contributed by atoms with Crippen molar-refractivity contribution in [2.45, 2.75) is 124 Å². The fourth-order valence-electron chi connectivity index (χ4n) is 2.76. The molecule has 2 aliphatic heterocycles. The number of hydrogen-bond donors (Lipinski definition) is 0. The molecule has 0 aromatic heterocycles. The van der Waals surface area contributed by atoms with Gasteiger partial charge >= 0.3 is 0 Å². The zero-order chi connectivity index (χ0) is 16.1. The lowest BCUT2D eigenvalue weighted by Gasteiger charge is -2.00. The van der Waals surface area contributed by atoms with Crippen molar-refractivity contribution in [3.8, 4) is 0 Å². The van der Waals surface area contributed by atoms with E-state index in [0.717, 1.165) is 0 Å². The van der Waals surface area contributed by atoms with Crippen molar-refractivity contribution in [2.75, 3.05) is 0 Å². The van der Waals surface area contributed by atoms with Gasteiger partial charge in [-0.15, -0.1) is 0 Å². The van der Waals surface area contributed by atoms with Crippen LogP contribution in [0.4, 0.5) is 0 Å². The van der Waals surface area contributed by atoms with Crippen molar-refractivity contribution in [3.05, 3.63) is 0 Å². The Morgan fingerprint density at radius 3 is 0.905 bits per heavy atom. The summed E-state index contributed by atoms with van der Waals surface area (Å²) >= 11 is 0. The van der Waals surface area contributed by atoms with Crippen LogP contribution >= 0.6 is 0 Å². The predicted molar refractivity (Wildman–Crippen MR) is 92.9 cm³/mol. The largest absolute Gasteiger partial charge is 0.370 e. The Balaban J connectivity index is 0.000000272. The van der Waals surface area contributed by atoms with Crippen LogP contribution in [-0.4, -0.2) is 24.4 Å². The molecule has 0 aromatic carbocycles. The first kappa shape index (κ1) is 20.9. The molecule has 0 radical (unpaired) electrons. The van der Waals surface area contributed by atoms with Gasteiger partial charge in [0.1, 0.15) is 0 Å². The molecule has 0 amide bonds. The Kier molecular flexibility index (Phi) is 13.5. The highest BCUT2D eigenvalue weighted by Crippen LogP contribution is 2.36. The first-order chi connectivity index (χ1) is 10.3.